The smallest absolute Gasteiger partial charge is 0.306 e. The van der Waals surface area contributed by atoms with E-state index in [4.69, 9.17) is 19.9 Å². The number of nitrogens with two attached hydrogens (primary N) is 1. The Kier molecular flexibility index (Phi) is 18.3. The Hall–Kier alpha value is -2.16. The SMILES string of the molecule is CCCCCCCCCCCCCCCCCC(=O)O[C@H]1C(O)O[C@H](COP(=O)([O-])OP(=O)([O-])OC[C@H]2O[C@@H](n3cnc4c(N)ncnc43)[C@H](O)[C@@H]2O)[C@H]1O. The highest BCUT2D eigenvalue weighted by atomic mass is 31.3. The first-order valence-corrected chi connectivity index (χ1v) is 21.9. The summed E-state index contributed by atoms with van der Waals surface area (Å²) in [6, 6.07) is 0. The number of rotatable bonds is 26. The fourth-order valence-corrected chi connectivity index (χ4v) is 8.50. The molecule has 2 aromatic heterocycles. The van der Waals surface area contributed by atoms with Crippen LogP contribution in [0.1, 0.15) is 116 Å². The first-order valence-electron chi connectivity index (χ1n) is 19.0. The molecule has 2 aliphatic heterocycles. The maximum Gasteiger partial charge on any atom is 0.306 e. The minimum absolute atomic E-state index is 0.0412. The second-order valence-corrected chi connectivity index (χ2v) is 16.9. The third kappa shape index (κ3) is 14.0. The summed E-state index contributed by atoms with van der Waals surface area (Å²) in [4.78, 5) is 48.9. The van der Waals surface area contributed by atoms with Gasteiger partial charge in [0.1, 0.15) is 42.4 Å². The number of esters is 1. The first kappa shape index (κ1) is 45.5. The van der Waals surface area contributed by atoms with Gasteiger partial charge in [0.05, 0.1) is 19.5 Å². The van der Waals surface area contributed by atoms with Crippen molar-refractivity contribution in [1.82, 2.24) is 19.5 Å². The average molecular weight is 824 g/mol. The average Bonchev–Trinajstić information content (AvgIpc) is 3.77. The standard InChI is InChI=1S/C33H57N5O15P2/c1-2-3-4-5-6-7-8-9-10-11-12-13-14-15-16-17-24(39)52-29-27(41)23(51-33(29)43)19-49-55(46,47)53-54(44,45)48-18-22-26(40)28(42)32(50-22)38-21-37-25-30(34)35-20-36-31(25)38/h20-23,26-29,32-33,40-43H,2-19H2,1H3,(H,44,45)(H,46,47)(H2,34,35,36)/p-2/t22-,23-,26-,27-,28-,29-,32-,33?/m1/s1. The molecule has 2 saturated heterocycles. The van der Waals surface area contributed by atoms with Crippen molar-refractivity contribution >= 4 is 38.6 Å². The minimum Gasteiger partial charge on any atom is -0.756 e. The maximum atomic E-state index is 12.4. The number of imidazole rings is 1. The fourth-order valence-electron chi connectivity index (χ4n) is 6.49. The predicted molar refractivity (Wildman–Crippen MR) is 190 cm³/mol. The van der Waals surface area contributed by atoms with Crippen LogP contribution in [0, 0.1) is 0 Å². The number of carbonyl (C=O) groups excluding carboxylic acids is 1. The molecule has 0 aromatic carbocycles. The Labute approximate surface area is 319 Å². The molecule has 55 heavy (non-hydrogen) atoms. The van der Waals surface area contributed by atoms with Crippen molar-refractivity contribution < 1.29 is 71.7 Å². The molecule has 0 amide bonds. The van der Waals surface area contributed by atoms with Crippen LogP contribution < -0.4 is 15.5 Å². The van der Waals surface area contributed by atoms with Gasteiger partial charge in [0.25, 0.3) is 15.6 Å². The Morgan fingerprint density at radius 2 is 1.31 bits per heavy atom. The molecule has 22 heteroatoms. The summed E-state index contributed by atoms with van der Waals surface area (Å²) < 4.78 is 54.9. The summed E-state index contributed by atoms with van der Waals surface area (Å²) in [6.45, 7) is 0.224. The largest absolute Gasteiger partial charge is 0.756 e. The van der Waals surface area contributed by atoms with E-state index < -0.39 is 84.0 Å². The van der Waals surface area contributed by atoms with Crippen molar-refractivity contribution in [2.75, 3.05) is 18.9 Å². The van der Waals surface area contributed by atoms with Gasteiger partial charge in [0.2, 0.25) is 0 Å². The number of aromatic nitrogens is 4. The molecular formula is C33H55N5O15P2-2. The van der Waals surface area contributed by atoms with Crippen molar-refractivity contribution in [3.05, 3.63) is 12.7 Å². The summed E-state index contributed by atoms with van der Waals surface area (Å²) in [6.07, 6.45) is 7.17. The van der Waals surface area contributed by atoms with Crippen LogP contribution in [-0.4, -0.2) is 102 Å². The lowest BCUT2D eigenvalue weighted by atomic mass is 10.0. The van der Waals surface area contributed by atoms with Crippen LogP contribution in [0.3, 0.4) is 0 Å². The number of carbonyl (C=O) groups is 1. The van der Waals surface area contributed by atoms with E-state index in [0.29, 0.717) is 6.42 Å². The number of anilines is 1. The number of aliphatic hydroxyl groups excluding tert-OH is 4. The van der Waals surface area contributed by atoms with Gasteiger partial charge in [-0.05, 0) is 6.42 Å². The van der Waals surface area contributed by atoms with Crippen molar-refractivity contribution in [3.8, 4) is 0 Å². The van der Waals surface area contributed by atoms with E-state index >= 15 is 0 Å². The molecular weight excluding hydrogens is 768 g/mol. The van der Waals surface area contributed by atoms with Gasteiger partial charge in [0, 0.05) is 6.42 Å². The first-order chi connectivity index (χ1) is 26.2. The van der Waals surface area contributed by atoms with E-state index in [0.717, 1.165) is 32.0 Å². The Bertz CT molecular complexity index is 1570. The molecule has 4 heterocycles. The molecule has 0 radical (unpaired) electrons. The molecule has 4 rings (SSSR count). The number of phosphoric ester groups is 2. The Morgan fingerprint density at radius 3 is 1.87 bits per heavy atom. The van der Waals surface area contributed by atoms with Crippen LogP contribution in [0.15, 0.2) is 12.7 Å². The van der Waals surface area contributed by atoms with Crippen molar-refractivity contribution in [3.63, 3.8) is 0 Å². The third-order valence-electron chi connectivity index (χ3n) is 9.56. The zero-order valence-corrected chi connectivity index (χ0v) is 32.8. The molecule has 3 unspecified atom stereocenters. The summed E-state index contributed by atoms with van der Waals surface area (Å²) in [5.41, 5.74) is 6.09. The summed E-state index contributed by atoms with van der Waals surface area (Å²) in [5, 5.41) is 41.7. The number of unbranched alkanes of at least 4 members (excludes halogenated alkanes) is 14. The van der Waals surface area contributed by atoms with Gasteiger partial charge in [-0.1, -0.05) is 96.8 Å². The maximum absolute atomic E-state index is 12.4. The second-order valence-electron chi connectivity index (χ2n) is 13.9. The van der Waals surface area contributed by atoms with E-state index in [1.54, 1.807) is 0 Å². The van der Waals surface area contributed by atoms with E-state index in [-0.39, 0.29) is 23.4 Å². The van der Waals surface area contributed by atoms with Gasteiger partial charge >= 0.3 is 5.97 Å². The number of phosphoric acid groups is 2. The topological polar surface area (TPSA) is 303 Å². The van der Waals surface area contributed by atoms with Crippen LogP contribution >= 0.6 is 15.6 Å². The summed E-state index contributed by atoms with van der Waals surface area (Å²) in [7, 11) is -11.4. The highest BCUT2D eigenvalue weighted by molar-refractivity contribution is 7.59. The lowest BCUT2D eigenvalue weighted by molar-refractivity contribution is -0.247. The molecule has 10 atom stereocenters. The van der Waals surface area contributed by atoms with Crippen LogP contribution in [0.25, 0.3) is 11.2 Å². The number of ether oxygens (including phenoxy) is 3. The van der Waals surface area contributed by atoms with E-state index in [9.17, 15) is 44.1 Å². The molecule has 0 spiro atoms. The van der Waals surface area contributed by atoms with E-state index in [2.05, 4.69) is 35.2 Å². The van der Waals surface area contributed by atoms with Gasteiger partial charge < -0.3 is 59.2 Å². The normalized spacial score (nSPS) is 27.7. The number of fused-ring (bicyclic) bond motifs is 1. The molecule has 6 N–H and O–H groups in total. The lowest BCUT2D eigenvalue weighted by Gasteiger charge is -2.32. The predicted octanol–water partition coefficient (Wildman–Crippen LogP) is 2.27. The zero-order valence-electron chi connectivity index (χ0n) is 31.0. The number of hydrogen-bond acceptors (Lipinski definition) is 19. The Morgan fingerprint density at radius 1 is 0.782 bits per heavy atom. The van der Waals surface area contributed by atoms with E-state index in [1.165, 1.54) is 75.1 Å². The summed E-state index contributed by atoms with van der Waals surface area (Å²) >= 11 is 0. The summed E-state index contributed by atoms with van der Waals surface area (Å²) in [5.74, 6) is -0.642. The van der Waals surface area contributed by atoms with Crippen LogP contribution in [-0.2, 0) is 41.5 Å². The monoisotopic (exact) mass is 823 g/mol. The van der Waals surface area contributed by atoms with Crippen molar-refractivity contribution in [2.45, 2.75) is 159 Å². The van der Waals surface area contributed by atoms with Crippen molar-refractivity contribution in [2.24, 2.45) is 0 Å². The van der Waals surface area contributed by atoms with E-state index in [1.807, 2.05) is 0 Å². The Balaban J connectivity index is 1.09. The van der Waals surface area contributed by atoms with Gasteiger partial charge in [-0.3, -0.25) is 18.5 Å². The quantitative estimate of drug-likeness (QED) is 0.0516. The lowest BCUT2D eigenvalue weighted by Crippen LogP contribution is -2.38. The molecule has 2 aromatic rings. The van der Waals surface area contributed by atoms with Crippen molar-refractivity contribution in [1.29, 1.82) is 0 Å². The number of aliphatic hydroxyl groups is 4. The minimum atomic E-state index is -5.70. The van der Waals surface area contributed by atoms with Crippen LogP contribution in [0.5, 0.6) is 0 Å². The molecule has 0 aliphatic carbocycles. The third-order valence-corrected chi connectivity index (χ3v) is 12.1. The highest BCUT2D eigenvalue weighted by Gasteiger charge is 2.47. The molecule has 2 aliphatic rings. The highest BCUT2D eigenvalue weighted by Crippen LogP contribution is 2.56. The molecule has 0 bridgehead atoms. The van der Waals surface area contributed by atoms with Crippen LogP contribution in [0.4, 0.5) is 5.82 Å². The van der Waals surface area contributed by atoms with Gasteiger partial charge in [0.15, 0.2) is 30.1 Å². The van der Waals surface area contributed by atoms with Crippen LogP contribution in [0.2, 0.25) is 0 Å². The van der Waals surface area contributed by atoms with Gasteiger partial charge in [-0.2, -0.15) is 0 Å². The number of hydrogen-bond donors (Lipinski definition) is 5. The second kappa shape index (κ2) is 22.1. The molecule has 20 nitrogen and oxygen atoms in total. The molecule has 314 valence electrons. The molecule has 2 fully saturated rings. The van der Waals surface area contributed by atoms with Gasteiger partial charge in [-0.25, -0.2) is 19.3 Å². The molecule has 0 saturated carbocycles. The number of nitrogen functional groups attached to an aromatic ring is 1. The number of nitrogens with zero attached hydrogens (tertiary/aromatic N) is 4. The fraction of sp³-hybridized carbons (Fsp3) is 0.818. The van der Waals surface area contributed by atoms with Gasteiger partial charge in [-0.15, -0.1) is 0 Å². The zero-order chi connectivity index (χ0) is 40.0.